The molecule has 1 atom stereocenters. The largest absolute Gasteiger partial charge is 0.478 e. The number of carboxylic acids is 2. The molecule has 0 aliphatic rings. The standard InChI is InChI=1S/C13H16O4/c1-3-4-8(2)9-5-10(12(14)15)7-11(6-9)13(16)17/h5-8H,3-4H2,1-2H3,(H,14,15)(H,16,17). The van der Waals surface area contributed by atoms with Crippen molar-refractivity contribution >= 4 is 11.9 Å². The lowest BCUT2D eigenvalue weighted by Gasteiger charge is -2.12. The summed E-state index contributed by atoms with van der Waals surface area (Å²) in [6.07, 6.45) is 1.88. The molecule has 1 aromatic carbocycles. The van der Waals surface area contributed by atoms with Crippen molar-refractivity contribution in [3.63, 3.8) is 0 Å². The summed E-state index contributed by atoms with van der Waals surface area (Å²) in [6.45, 7) is 4.01. The van der Waals surface area contributed by atoms with E-state index in [4.69, 9.17) is 10.2 Å². The Morgan fingerprint density at radius 2 is 1.59 bits per heavy atom. The van der Waals surface area contributed by atoms with E-state index in [-0.39, 0.29) is 17.0 Å². The molecule has 0 bridgehead atoms. The molecule has 0 spiro atoms. The van der Waals surface area contributed by atoms with Crippen molar-refractivity contribution in [2.45, 2.75) is 32.6 Å². The number of carboxylic acid groups (broad SMARTS) is 2. The topological polar surface area (TPSA) is 74.6 Å². The normalized spacial score (nSPS) is 12.1. The summed E-state index contributed by atoms with van der Waals surface area (Å²) in [5, 5.41) is 17.9. The fourth-order valence-corrected chi connectivity index (χ4v) is 1.78. The van der Waals surface area contributed by atoms with Crippen molar-refractivity contribution in [1.29, 1.82) is 0 Å². The van der Waals surface area contributed by atoms with E-state index in [1.807, 2.05) is 13.8 Å². The molecule has 4 heteroatoms. The lowest BCUT2D eigenvalue weighted by molar-refractivity contribution is 0.0696. The Bertz CT molecular complexity index is 405. The van der Waals surface area contributed by atoms with Gasteiger partial charge in [-0.1, -0.05) is 20.3 Å². The molecule has 0 aliphatic carbocycles. The van der Waals surface area contributed by atoms with Gasteiger partial charge in [-0.15, -0.1) is 0 Å². The number of aromatic carboxylic acids is 2. The molecule has 0 radical (unpaired) electrons. The molecule has 1 unspecified atom stereocenters. The van der Waals surface area contributed by atoms with E-state index in [0.717, 1.165) is 18.4 Å². The second kappa shape index (κ2) is 5.48. The van der Waals surface area contributed by atoms with Gasteiger partial charge in [0, 0.05) is 0 Å². The Morgan fingerprint density at radius 3 is 1.94 bits per heavy atom. The van der Waals surface area contributed by atoms with Crippen LogP contribution in [0.25, 0.3) is 0 Å². The van der Waals surface area contributed by atoms with Crippen LogP contribution in [0.2, 0.25) is 0 Å². The molecule has 0 aromatic heterocycles. The van der Waals surface area contributed by atoms with E-state index in [9.17, 15) is 9.59 Å². The van der Waals surface area contributed by atoms with Crippen molar-refractivity contribution in [2.24, 2.45) is 0 Å². The van der Waals surface area contributed by atoms with Gasteiger partial charge < -0.3 is 10.2 Å². The third-order valence-electron chi connectivity index (χ3n) is 2.74. The Hall–Kier alpha value is -1.84. The maximum Gasteiger partial charge on any atom is 0.335 e. The van der Waals surface area contributed by atoms with E-state index < -0.39 is 11.9 Å². The molecule has 0 saturated heterocycles. The molecule has 2 N–H and O–H groups in total. The van der Waals surface area contributed by atoms with Crippen molar-refractivity contribution in [2.75, 3.05) is 0 Å². The molecule has 1 rings (SSSR count). The molecule has 0 heterocycles. The van der Waals surface area contributed by atoms with E-state index >= 15 is 0 Å². The van der Waals surface area contributed by atoms with Gasteiger partial charge in [-0.05, 0) is 36.1 Å². The lowest BCUT2D eigenvalue weighted by atomic mass is 9.93. The van der Waals surface area contributed by atoms with E-state index in [2.05, 4.69) is 0 Å². The zero-order chi connectivity index (χ0) is 13.0. The molecule has 0 saturated carbocycles. The van der Waals surface area contributed by atoms with Crippen LogP contribution >= 0.6 is 0 Å². The summed E-state index contributed by atoms with van der Waals surface area (Å²) in [6, 6.07) is 4.29. The van der Waals surface area contributed by atoms with Gasteiger partial charge in [0.2, 0.25) is 0 Å². The molecule has 4 nitrogen and oxygen atoms in total. The van der Waals surface area contributed by atoms with E-state index in [1.54, 1.807) is 12.1 Å². The number of carbonyl (C=O) groups is 2. The minimum absolute atomic E-state index is 0.0304. The zero-order valence-electron chi connectivity index (χ0n) is 9.93. The summed E-state index contributed by atoms with van der Waals surface area (Å²) in [7, 11) is 0. The van der Waals surface area contributed by atoms with Gasteiger partial charge >= 0.3 is 11.9 Å². The van der Waals surface area contributed by atoms with Crippen molar-refractivity contribution in [3.8, 4) is 0 Å². The SMILES string of the molecule is CCCC(C)c1cc(C(=O)O)cc(C(=O)O)c1. The van der Waals surface area contributed by atoms with Crippen LogP contribution in [0.3, 0.4) is 0 Å². The zero-order valence-corrected chi connectivity index (χ0v) is 9.93. The van der Waals surface area contributed by atoms with Crippen molar-refractivity contribution < 1.29 is 19.8 Å². The second-order valence-corrected chi connectivity index (χ2v) is 4.14. The number of hydrogen-bond acceptors (Lipinski definition) is 2. The fourth-order valence-electron chi connectivity index (χ4n) is 1.78. The maximum absolute atomic E-state index is 10.9. The van der Waals surface area contributed by atoms with Crippen molar-refractivity contribution in [1.82, 2.24) is 0 Å². The molecule has 0 fully saturated rings. The molecule has 1 aromatic rings. The highest BCUT2D eigenvalue weighted by Gasteiger charge is 2.14. The predicted octanol–water partition coefficient (Wildman–Crippen LogP) is 2.99. The molecule has 92 valence electrons. The minimum atomic E-state index is -1.10. The Kier molecular flexibility index (Phi) is 4.26. The van der Waals surface area contributed by atoms with Crippen LogP contribution in [0.15, 0.2) is 18.2 Å². The Balaban J connectivity index is 3.21. The first kappa shape index (κ1) is 13.2. The first-order chi connectivity index (χ1) is 7.95. The second-order valence-electron chi connectivity index (χ2n) is 4.14. The number of benzene rings is 1. The van der Waals surface area contributed by atoms with Crippen LogP contribution in [-0.2, 0) is 0 Å². The molecule has 17 heavy (non-hydrogen) atoms. The summed E-state index contributed by atoms with van der Waals surface area (Å²) in [4.78, 5) is 21.8. The van der Waals surface area contributed by atoms with E-state index in [1.165, 1.54) is 6.07 Å². The molecule has 0 amide bonds. The summed E-state index contributed by atoms with van der Waals surface area (Å²) in [5.41, 5.74) is 0.829. The summed E-state index contributed by atoms with van der Waals surface area (Å²) in [5.74, 6) is -2.03. The molecular weight excluding hydrogens is 220 g/mol. The van der Waals surface area contributed by atoms with Gasteiger partial charge in [0.15, 0.2) is 0 Å². The maximum atomic E-state index is 10.9. The van der Waals surface area contributed by atoms with Crippen molar-refractivity contribution in [3.05, 3.63) is 34.9 Å². The molecule has 0 aliphatic heterocycles. The van der Waals surface area contributed by atoms with Crippen LogP contribution in [0.5, 0.6) is 0 Å². The first-order valence-electron chi connectivity index (χ1n) is 5.57. The monoisotopic (exact) mass is 236 g/mol. The lowest BCUT2D eigenvalue weighted by Crippen LogP contribution is -2.05. The van der Waals surface area contributed by atoms with Crippen LogP contribution in [0.4, 0.5) is 0 Å². The highest BCUT2D eigenvalue weighted by Crippen LogP contribution is 2.23. The van der Waals surface area contributed by atoms with Gasteiger partial charge in [0.25, 0.3) is 0 Å². The predicted molar refractivity (Wildman–Crippen MR) is 63.7 cm³/mol. The van der Waals surface area contributed by atoms with Crippen LogP contribution in [0.1, 0.15) is 58.9 Å². The summed E-state index contributed by atoms with van der Waals surface area (Å²) >= 11 is 0. The van der Waals surface area contributed by atoms with Gasteiger partial charge in [-0.3, -0.25) is 0 Å². The minimum Gasteiger partial charge on any atom is -0.478 e. The fraction of sp³-hybridized carbons (Fsp3) is 0.385. The first-order valence-corrected chi connectivity index (χ1v) is 5.57. The van der Waals surface area contributed by atoms with Crippen LogP contribution < -0.4 is 0 Å². The highest BCUT2D eigenvalue weighted by molar-refractivity contribution is 5.94. The average Bonchev–Trinajstić information content (AvgIpc) is 2.28. The number of hydrogen-bond donors (Lipinski definition) is 2. The van der Waals surface area contributed by atoms with E-state index in [0.29, 0.717) is 0 Å². The Morgan fingerprint density at radius 1 is 1.12 bits per heavy atom. The number of rotatable bonds is 5. The third-order valence-corrected chi connectivity index (χ3v) is 2.74. The highest BCUT2D eigenvalue weighted by atomic mass is 16.4. The summed E-state index contributed by atoms with van der Waals surface area (Å²) < 4.78 is 0. The Labute approximate surface area is 99.9 Å². The van der Waals surface area contributed by atoms with Gasteiger partial charge in [-0.25, -0.2) is 9.59 Å². The average molecular weight is 236 g/mol. The molecular formula is C13H16O4. The quantitative estimate of drug-likeness (QED) is 0.824. The van der Waals surface area contributed by atoms with Crippen LogP contribution in [-0.4, -0.2) is 22.2 Å². The third kappa shape index (κ3) is 3.31. The van der Waals surface area contributed by atoms with Crippen LogP contribution in [0, 0.1) is 0 Å². The van der Waals surface area contributed by atoms with Gasteiger partial charge in [0.05, 0.1) is 11.1 Å². The van der Waals surface area contributed by atoms with Gasteiger partial charge in [-0.2, -0.15) is 0 Å². The smallest absolute Gasteiger partial charge is 0.335 e. The van der Waals surface area contributed by atoms with Gasteiger partial charge in [0.1, 0.15) is 0 Å².